The van der Waals surface area contributed by atoms with Gasteiger partial charge in [-0.2, -0.15) is 0 Å². The first-order valence-electron chi connectivity index (χ1n) is 7.05. The zero-order valence-electron chi connectivity index (χ0n) is 12.7. The molecule has 0 bridgehead atoms. The summed E-state index contributed by atoms with van der Waals surface area (Å²) in [5, 5.41) is 15.9. The normalized spacial score (nSPS) is 10.2. The number of nitrogens with one attached hydrogen (secondary N) is 2. The summed E-state index contributed by atoms with van der Waals surface area (Å²) in [5.74, 6) is -1.70. The van der Waals surface area contributed by atoms with Gasteiger partial charge in [-0.05, 0) is 30.7 Å². The zero-order chi connectivity index (χ0) is 17.7. The molecule has 1 aromatic carbocycles. The summed E-state index contributed by atoms with van der Waals surface area (Å²) in [6.45, 7) is 2.46. The molecule has 2 amide bonds. The number of hydrogen-bond acceptors (Lipinski definition) is 5. The van der Waals surface area contributed by atoms with E-state index in [1.165, 1.54) is 24.3 Å². The Hall–Kier alpha value is -2.87. The highest BCUT2D eigenvalue weighted by atomic mass is 35.5. The van der Waals surface area contributed by atoms with Crippen molar-refractivity contribution in [3.63, 3.8) is 0 Å². The van der Waals surface area contributed by atoms with Crippen molar-refractivity contribution >= 4 is 35.0 Å². The van der Waals surface area contributed by atoms with Crippen LogP contribution in [-0.2, 0) is 0 Å². The number of benzene rings is 1. The molecule has 24 heavy (non-hydrogen) atoms. The molecule has 0 aliphatic heterocycles. The monoisotopic (exact) mass is 351 g/mol. The van der Waals surface area contributed by atoms with Crippen LogP contribution < -0.4 is 10.6 Å². The molecule has 2 aromatic rings. The topological polar surface area (TPSA) is 114 Å². The van der Waals surface area contributed by atoms with Gasteiger partial charge in [-0.25, -0.2) is 0 Å². The minimum absolute atomic E-state index is 0.173. The van der Waals surface area contributed by atoms with E-state index in [-0.39, 0.29) is 22.3 Å². The standard InChI is InChI=1S/C15H14ClN3O5/c1-2-7-17-14(20)10-4-3-9(8-11(10)16)18-15(21)12-5-6-13(24-12)19(22)23/h3-6,8H,2,7H2,1H3,(H,17,20)(H,18,21). The van der Waals surface area contributed by atoms with E-state index in [4.69, 9.17) is 16.0 Å². The van der Waals surface area contributed by atoms with E-state index in [0.717, 1.165) is 12.5 Å². The Morgan fingerprint density at radius 2 is 2.00 bits per heavy atom. The molecule has 1 heterocycles. The molecule has 0 atom stereocenters. The van der Waals surface area contributed by atoms with E-state index in [9.17, 15) is 19.7 Å². The van der Waals surface area contributed by atoms with Crippen LogP contribution in [0.1, 0.15) is 34.3 Å². The summed E-state index contributed by atoms with van der Waals surface area (Å²) in [7, 11) is 0. The lowest BCUT2D eigenvalue weighted by Crippen LogP contribution is -2.24. The third kappa shape index (κ3) is 4.11. The van der Waals surface area contributed by atoms with Gasteiger partial charge in [0.2, 0.25) is 0 Å². The van der Waals surface area contributed by atoms with Crippen molar-refractivity contribution in [2.75, 3.05) is 11.9 Å². The molecule has 0 spiro atoms. The summed E-state index contributed by atoms with van der Waals surface area (Å²) in [4.78, 5) is 33.7. The Labute approximate surface area is 141 Å². The van der Waals surface area contributed by atoms with Crippen molar-refractivity contribution < 1.29 is 18.9 Å². The summed E-state index contributed by atoms with van der Waals surface area (Å²) >= 11 is 6.05. The number of anilines is 1. The Bertz CT molecular complexity index is 787. The van der Waals surface area contributed by atoms with Gasteiger partial charge in [-0.15, -0.1) is 0 Å². The summed E-state index contributed by atoms with van der Waals surface area (Å²) in [5.41, 5.74) is 0.618. The third-order valence-electron chi connectivity index (χ3n) is 3.00. The molecule has 0 unspecified atom stereocenters. The summed E-state index contributed by atoms with van der Waals surface area (Å²) in [6, 6.07) is 6.68. The van der Waals surface area contributed by atoms with Crippen molar-refractivity contribution in [1.29, 1.82) is 0 Å². The Kier molecular flexibility index (Phi) is 5.54. The van der Waals surface area contributed by atoms with Gasteiger partial charge in [-0.3, -0.25) is 19.7 Å². The second-order valence-corrected chi connectivity index (χ2v) is 5.21. The van der Waals surface area contributed by atoms with Crippen LogP contribution in [0.2, 0.25) is 5.02 Å². The highest BCUT2D eigenvalue weighted by Gasteiger charge is 2.18. The smallest absolute Gasteiger partial charge is 0.395 e. The van der Waals surface area contributed by atoms with Gasteiger partial charge in [-0.1, -0.05) is 18.5 Å². The van der Waals surface area contributed by atoms with Crippen molar-refractivity contribution in [2.24, 2.45) is 0 Å². The molecular weight excluding hydrogens is 338 g/mol. The maximum absolute atomic E-state index is 12.0. The fourth-order valence-electron chi connectivity index (χ4n) is 1.85. The molecule has 8 nitrogen and oxygen atoms in total. The largest absolute Gasteiger partial charge is 0.433 e. The second-order valence-electron chi connectivity index (χ2n) is 4.80. The number of carbonyl (C=O) groups excluding carboxylic acids is 2. The van der Waals surface area contributed by atoms with E-state index in [2.05, 4.69) is 10.6 Å². The number of halogens is 1. The van der Waals surface area contributed by atoms with Crippen LogP contribution in [0.3, 0.4) is 0 Å². The fourth-order valence-corrected chi connectivity index (χ4v) is 2.12. The number of hydrogen-bond donors (Lipinski definition) is 2. The van der Waals surface area contributed by atoms with Crippen molar-refractivity contribution in [3.05, 3.63) is 56.8 Å². The number of amides is 2. The van der Waals surface area contributed by atoms with Gasteiger partial charge >= 0.3 is 5.88 Å². The lowest BCUT2D eigenvalue weighted by Gasteiger charge is -2.08. The minimum atomic E-state index is -0.739. The van der Waals surface area contributed by atoms with E-state index in [0.29, 0.717) is 12.2 Å². The maximum atomic E-state index is 12.0. The van der Waals surface area contributed by atoms with Gasteiger partial charge in [0, 0.05) is 12.2 Å². The lowest BCUT2D eigenvalue weighted by molar-refractivity contribution is -0.402. The highest BCUT2D eigenvalue weighted by molar-refractivity contribution is 6.34. The van der Waals surface area contributed by atoms with Gasteiger partial charge in [0.05, 0.1) is 16.7 Å². The van der Waals surface area contributed by atoms with Gasteiger partial charge in [0.15, 0.2) is 5.76 Å². The average Bonchev–Trinajstić information content (AvgIpc) is 3.03. The van der Waals surface area contributed by atoms with Crippen LogP contribution in [0.15, 0.2) is 34.7 Å². The van der Waals surface area contributed by atoms with Crippen LogP contribution in [0.25, 0.3) is 0 Å². The average molecular weight is 352 g/mol. The summed E-state index contributed by atoms with van der Waals surface area (Å²) < 4.78 is 4.81. The Morgan fingerprint density at radius 3 is 2.58 bits per heavy atom. The van der Waals surface area contributed by atoms with E-state index in [1.54, 1.807) is 0 Å². The SMILES string of the molecule is CCCNC(=O)c1ccc(NC(=O)c2ccc([N+](=O)[O-])o2)cc1Cl. The maximum Gasteiger partial charge on any atom is 0.433 e. The van der Waals surface area contributed by atoms with Crippen LogP contribution in [0.4, 0.5) is 11.6 Å². The first-order chi connectivity index (χ1) is 11.4. The quantitative estimate of drug-likeness (QED) is 0.612. The number of rotatable bonds is 6. The van der Waals surface area contributed by atoms with Crippen LogP contribution in [0.5, 0.6) is 0 Å². The molecule has 0 saturated carbocycles. The summed E-state index contributed by atoms with van der Waals surface area (Å²) in [6.07, 6.45) is 0.798. The lowest BCUT2D eigenvalue weighted by atomic mass is 10.2. The minimum Gasteiger partial charge on any atom is -0.395 e. The van der Waals surface area contributed by atoms with E-state index in [1.807, 2.05) is 6.92 Å². The number of carbonyl (C=O) groups is 2. The Balaban J connectivity index is 2.09. The number of furan rings is 1. The molecular formula is C15H14ClN3O5. The molecule has 9 heteroatoms. The van der Waals surface area contributed by atoms with Crippen LogP contribution >= 0.6 is 11.6 Å². The first kappa shape index (κ1) is 17.5. The zero-order valence-corrected chi connectivity index (χ0v) is 13.4. The predicted octanol–water partition coefficient (Wildman–Crippen LogP) is 3.23. The van der Waals surface area contributed by atoms with Gasteiger partial charge < -0.3 is 15.1 Å². The second kappa shape index (κ2) is 7.60. The molecule has 1 aromatic heterocycles. The molecule has 2 N–H and O–H groups in total. The molecule has 0 aliphatic carbocycles. The number of nitro groups is 1. The Morgan fingerprint density at radius 1 is 1.25 bits per heavy atom. The van der Waals surface area contributed by atoms with Crippen LogP contribution in [0, 0.1) is 10.1 Å². The van der Waals surface area contributed by atoms with E-state index >= 15 is 0 Å². The van der Waals surface area contributed by atoms with Crippen molar-refractivity contribution in [3.8, 4) is 0 Å². The van der Waals surface area contributed by atoms with Crippen molar-refractivity contribution in [2.45, 2.75) is 13.3 Å². The molecule has 2 rings (SSSR count). The number of nitrogens with zero attached hydrogens (tertiary/aromatic N) is 1. The van der Waals surface area contributed by atoms with Crippen molar-refractivity contribution in [1.82, 2.24) is 5.32 Å². The first-order valence-corrected chi connectivity index (χ1v) is 7.43. The fraction of sp³-hybridized carbons (Fsp3) is 0.200. The highest BCUT2D eigenvalue weighted by Crippen LogP contribution is 2.22. The molecule has 0 radical (unpaired) electrons. The van der Waals surface area contributed by atoms with E-state index < -0.39 is 16.7 Å². The molecule has 126 valence electrons. The molecule has 0 aliphatic rings. The third-order valence-corrected chi connectivity index (χ3v) is 3.32. The van der Waals surface area contributed by atoms with Gasteiger partial charge in [0.1, 0.15) is 4.92 Å². The molecule has 0 saturated heterocycles. The molecule has 0 fully saturated rings. The van der Waals surface area contributed by atoms with Crippen LogP contribution in [-0.4, -0.2) is 23.3 Å². The van der Waals surface area contributed by atoms with Gasteiger partial charge in [0.25, 0.3) is 11.8 Å². The predicted molar refractivity (Wildman–Crippen MR) is 87.4 cm³/mol.